The molecule has 4 heteroatoms. The Morgan fingerprint density at radius 1 is 1.32 bits per heavy atom. The molecule has 3 rings (SSSR count). The molecule has 0 amide bonds. The number of nitrogens with zero attached hydrogens (tertiary/aromatic N) is 2. The van der Waals surface area contributed by atoms with Crippen molar-refractivity contribution in [3.05, 3.63) is 42.0 Å². The molecule has 0 atom stereocenters. The SMILES string of the molecule is Cc1c(F)cccc1Nc1nccn1C1CCCC1. The topological polar surface area (TPSA) is 29.9 Å². The summed E-state index contributed by atoms with van der Waals surface area (Å²) in [6, 6.07) is 5.60. The number of rotatable bonds is 3. The predicted molar refractivity (Wildman–Crippen MR) is 74.2 cm³/mol. The number of anilines is 2. The minimum Gasteiger partial charge on any atom is -0.325 e. The Kier molecular flexibility index (Phi) is 3.23. The van der Waals surface area contributed by atoms with Crippen LogP contribution in [0.5, 0.6) is 0 Å². The fourth-order valence-corrected chi connectivity index (χ4v) is 2.75. The molecule has 1 aliphatic carbocycles. The van der Waals surface area contributed by atoms with Gasteiger partial charge in [-0.25, -0.2) is 9.37 Å². The van der Waals surface area contributed by atoms with E-state index in [2.05, 4.69) is 14.9 Å². The molecule has 1 heterocycles. The van der Waals surface area contributed by atoms with Crippen LogP contribution in [-0.2, 0) is 0 Å². The molecule has 1 fully saturated rings. The highest BCUT2D eigenvalue weighted by Gasteiger charge is 2.19. The molecule has 0 aliphatic heterocycles. The third-order valence-electron chi connectivity index (χ3n) is 3.90. The van der Waals surface area contributed by atoms with Crippen LogP contribution in [0.4, 0.5) is 16.0 Å². The van der Waals surface area contributed by atoms with Gasteiger partial charge in [0.1, 0.15) is 5.82 Å². The van der Waals surface area contributed by atoms with Crippen LogP contribution in [0, 0.1) is 12.7 Å². The molecule has 0 saturated heterocycles. The minimum atomic E-state index is -0.191. The number of nitrogens with one attached hydrogen (secondary N) is 1. The van der Waals surface area contributed by atoms with Crippen molar-refractivity contribution in [3.8, 4) is 0 Å². The normalized spacial score (nSPS) is 15.9. The first-order valence-corrected chi connectivity index (χ1v) is 6.80. The first kappa shape index (κ1) is 12.2. The highest BCUT2D eigenvalue weighted by molar-refractivity contribution is 5.58. The maximum Gasteiger partial charge on any atom is 0.207 e. The van der Waals surface area contributed by atoms with Crippen molar-refractivity contribution in [1.29, 1.82) is 0 Å². The van der Waals surface area contributed by atoms with E-state index in [1.807, 2.05) is 12.3 Å². The zero-order valence-corrected chi connectivity index (χ0v) is 11.1. The van der Waals surface area contributed by atoms with Gasteiger partial charge in [-0.2, -0.15) is 0 Å². The van der Waals surface area contributed by atoms with Crippen molar-refractivity contribution < 1.29 is 4.39 Å². The molecule has 19 heavy (non-hydrogen) atoms. The molecular weight excluding hydrogens is 241 g/mol. The Bertz CT molecular complexity index is 571. The number of benzene rings is 1. The van der Waals surface area contributed by atoms with E-state index >= 15 is 0 Å². The third kappa shape index (κ3) is 2.35. The molecule has 100 valence electrons. The zero-order valence-electron chi connectivity index (χ0n) is 11.1. The van der Waals surface area contributed by atoms with Crippen molar-refractivity contribution >= 4 is 11.6 Å². The number of imidazole rings is 1. The van der Waals surface area contributed by atoms with Gasteiger partial charge in [0, 0.05) is 29.7 Å². The summed E-state index contributed by atoms with van der Waals surface area (Å²) in [6.07, 6.45) is 8.77. The second kappa shape index (κ2) is 5.03. The molecule has 1 saturated carbocycles. The third-order valence-corrected chi connectivity index (χ3v) is 3.90. The molecule has 1 aliphatic rings. The van der Waals surface area contributed by atoms with Crippen LogP contribution in [0.1, 0.15) is 37.3 Å². The van der Waals surface area contributed by atoms with E-state index in [9.17, 15) is 4.39 Å². The van der Waals surface area contributed by atoms with Gasteiger partial charge in [0.05, 0.1) is 0 Å². The lowest BCUT2D eigenvalue weighted by Crippen LogP contribution is -2.08. The fraction of sp³-hybridized carbons (Fsp3) is 0.400. The van der Waals surface area contributed by atoms with Crippen molar-refractivity contribution in [3.63, 3.8) is 0 Å². The zero-order chi connectivity index (χ0) is 13.2. The van der Waals surface area contributed by atoms with Crippen LogP contribution in [0.3, 0.4) is 0 Å². The molecule has 0 unspecified atom stereocenters. The van der Waals surface area contributed by atoms with Crippen LogP contribution >= 0.6 is 0 Å². The smallest absolute Gasteiger partial charge is 0.207 e. The minimum absolute atomic E-state index is 0.191. The second-order valence-electron chi connectivity index (χ2n) is 5.13. The van der Waals surface area contributed by atoms with Crippen LogP contribution in [-0.4, -0.2) is 9.55 Å². The van der Waals surface area contributed by atoms with Gasteiger partial charge in [0.2, 0.25) is 5.95 Å². The summed E-state index contributed by atoms with van der Waals surface area (Å²) in [4.78, 5) is 4.36. The van der Waals surface area contributed by atoms with E-state index in [4.69, 9.17) is 0 Å². The van der Waals surface area contributed by atoms with E-state index in [-0.39, 0.29) is 5.82 Å². The highest BCUT2D eigenvalue weighted by Crippen LogP contribution is 2.32. The largest absolute Gasteiger partial charge is 0.325 e. The van der Waals surface area contributed by atoms with Gasteiger partial charge in [0.25, 0.3) is 0 Å². The van der Waals surface area contributed by atoms with Crippen LogP contribution in [0.15, 0.2) is 30.6 Å². The lowest BCUT2D eigenvalue weighted by Gasteiger charge is -2.16. The van der Waals surface area contributed by atoms with Gasteiger partial charge in [-0.15, -0.1) is 0 Å². The Labute approximate surface area is 112 Å². The maximum absolute atomic E-state index is 13.5. The summed E-state index contributed by atoms with van der Waals surface area (Å²) in [5.74, 6) is 0.615. The first-order chi connectivity index (χ1) is 9.25. The maximum atomic E-state index is 13.5. The van der Waals surface area contributed by atoms with E-state index in [1.54, 1.807) is 19.2 Å². The van der Waals surface area contributed by atoms with Gasteiger partial charge in [-0.1, -0.05) is 18.9 Å². The number of halogens is 1. The first-order valence-electron chi connectivity index (χ1n) is 6.80. The fourth-order valence-electron chi connectivity index (χ4n) is 2.75. The molecule has 1 N–H and O–H groups in total. The molecule has 0 bridgehead atoms. The van der Waals surface area contributed by atoms with Gasteiger partial charge in [-0.05, 0) is 31.9 Å². The Balaban J connectivity index is 1.87. The summed E-state index contributed by atoms with van der Waals surface area (Å²) >= 11 is 0. The molecule has 1 aromatic heterocycles. The standard InChI is InChI=1S/C15H18FN3/c1-11-13(16)7-4-8-14(11)18-15-17-9-10-19(15)12-5-2-3-6-12/h4,7-10,12H,2-3,5-6H2,1H3,(H,17,18). The number of aromatic nitrogens is 2. The van der Waals surface area contributed by atoms with Crippen molar-refractivity contribution in [2.75, 3.05) is 5.32 Å². The Morgan fingerprint density at radius 3 is 2.89 bits per heavy atom. The Hall–Kier alpha value is -1.84. The Morgan fingerprint density at radius 2 is 2.11 bits per heavy atom. The number of hydrogen-bond acceptors (Lipinski definition) is 2. The van der Waals surface area contributed by atoms with Crippen molar-refractivity contribution in [1.82, 2.24) is 9.55 Å². The quantitative estimate of drug-likeness (QED) is 0.895. The van der Waals surface area contributed by atoms with Crippen LogP contribution < -0.4 is 5.32 Å². The summed E-state index contributed by atoms with van der Waals surface area (Å²) < 4.78 is 15.7. The van der Waals surface area contributed by atoms with Gasteiger partial charge >= 0.3 is 0 Å². The lowest BCUT2D eigenvalue weighted by molar-refractivity contribution is 0.524. The summed E-state index contributed by atoms with van der Waals surface area (Å²) in [7, 11) is 0. The molecule has 1 aromatic carbocycles. The lowest BCUT2D eigenvalue weighted by atomic mass is 10.2. The average molecular weight is 259 g/mol. The van der Waals surface area contributed by atoms with Crippen molar-refractivity contribution in [2.24, 2.45) is 0 Å². The van der Waals surface area contributed by atoms with E-state index < -0.39 is 0 Å². The van der Waals surface area contributed by atoms with Gasteiger partial charge in [0.15, 0.2) is 0 Å². The summed E-state index contributed by atoms with van der Waals surface area (Å²) in [5.41, 5.74) is 1.41. The van der Waals surface area contributed by atoms with Gasteiger partial charge in [-0.3, -0.25) is 0 Å². The summed E-state index contributed by atoms with van der Waals surface area (Å²) in [5, 5.41) is 3.25. The number of hydrogen-bond donors (Lipinski definition) is 1. The molecule has 2 aromatic rings. The van der Waals surface area contributed by atoms with E-state index in [0.29, 0.717) is 11.6 Å². The molecular formula is C15H18FN3. The summed E-state index contributed by atoms with van der Waals surface area (Å²) in [6.45, 7) is 1.78. The van der Waals surface area contributed by atoms with Crippen molar-refractivity contribution in [2.45, 2.75) is 38.6 Å². The highest BCUT2D eigenvalue weighted by atomic mass is 19.1. The van der Waals surface area contributed by atoms with Crippen LogP contribution in [0.2, 0.25) is 0 Å². The predicted octanol–water partition coefficient (Wildman–Crippen LogP) is 4.19. The van der Waals surface area contributed by atoms with Crippen LogP contribution in [0.25, 0.3) is 0 Å². The molecule has 0 radical (unpaired) electrons. The second-order valence-corrected chi connectivity index (χ2v) is 5.13. The average Bonchev–Trinajstić information content (AvgIpc) is 3.05. The van der Waals surface area contributed by atoms with E-state index in [1.165, 1.54) is 31.7 Å². The van der Waals surface area contributed by atoms with E-state index in [0.717, 1.165) is 11.6 Å². The monoisotopic (exact) mass is 259 g/mol. The molecule has 3 nitrogen and oxygen atoms in total. The van der Waals surface area contributed by atoms with Gasteiger partial charge < -0.3 is 9.88 Å². The molecule has 0 spiro atoms.